The second-order valence-corrected chi connectivity index (χ2v) is 7.81. The summed E-state index contributed by atoms with van der Waals surface area (Å²) < 4.78 is 10.9. The second kappa shape index (κ2) is 8.58. The maximum absolute atomic E-state index is 11.0. The monoisotopic (exact) mass is 452 g/mol. The molecule has 2 heterocycles. The van der Waals surface area contributed by atoms with Gasteiger partial charge in [-0.1, -0.05) is 11.6 Å². The van der Waals surface area contributed by atoms with E-state index >= 15 is 0 Å². The van der Waals surface area contributed by atoms with E-state index in [0.29, 0.717) is 13.0 Å². The minimum atomic E-state index is -1.56. The van der Waals surface area contributed by atoms with Crippen molar-refractivity contribution < 1.29 is 34.8 Å². The molecule has 0 amide bonds. The number of aliphatic hydroxyl groups is 4. The van der Waals surface area contributed by atoms with E-state index in [1.165, 1.54) is 6.07 Å². The molecule has 31 heavy (non-hydrogen) atoms. The average Bonchev–Trinajstić information content (AvgIpc) is 3.18. The third-order valence-corrected chi connectivity index (χ3v) is 5.78. The van der Waals surface area contributed by atoms with Gasteiger partial charge in [0.05, 0.1) is 16.6 Å². The maximum atomic E-state index is 11.0. The summed E-state index contributed by atoms with van der Waals surface area (Å²) in [6.45, 7) is 0.0593. The molecule has 0 radical (unpaired) electrons. The number of anilines is 2. The van der Waals surface area contributed by atoms with Gasteiger partial charge in [-0.05, 0) is 36.2 Å². The highest BCUT2D eigenvalue weighted by molar-refractivity contribution is 6.32. The first-order chi connectivity index (χ1) is 14.8. The Bertz CT molecular complexity index is 988. The number of non-ortho nitro benzene ring substituents is 1. The van der Waals surface area contributed by atoms with Gasteiger partial charge in [0.1, 0.15) is 30.2 Å². The third-order valence-electron chi connectivity index (χ3n) is 5.49. The van der Waals surface area contributed by atoms with E-state index < -0.39 is 42.2 Å². The van der Waals surface area contributed by atoms with Crippen LogP contribution in [0.3, 0.4) is 0 Å². The van der Waals surface area contributed by atoms with Crippen LogP contribution in [0.25, 0.3) is 0 Å². The highest BCUT2D eigenvalue weighted by atomic mass is 35.5. The van der Waals surface area contributed by atoms with Crippen LogP contribution in [-0.4, -0.2) is 69.2 Å². The highest BCUT2D eigenvalue weighted by Crippen LogP contribution is 2.39. The number of nitro groups is 1. The van der Waals surface area contributed by atoms with E-state index in [0.717, 1.165) is 16.9 Å². The number of halogens is 1. The first-order valence-electron chi connectivity index (χ1n) is 9.61. The normalized spacial score (nSPS) is 27.8. The minimum absolute atomic E-state index is 0.0434. The zero-order valence-corrected chi connectivity index (χ0v) is 16.9. The zero-order chi connectivity index (χ0) is 22.3. The van der Waals surface area contributed by atoms with Gasteiger partial charge < -0.3 is 34.8 Å². The molecule has 0 aromatic heterocycles. The lowest BCUT2D eigenvalue weighted by atomic mass is 9.99. The zero-order valence-electron chi connectivity index (χ0n) is 16.2. The number of rotatable bonds is 5. The molecule has 1 fully saturated rings. The van der Waals surface area contributed by atoms with Crippen molar-refractivity contribution in [1.82, 2.24) is 0 Å². The van der Waals surface area contributed by atoms with Gasteiger partial charge in [0.15, 0.2) is 0 Å². The van der Waals surface area contributed by atoms with Gasteiger partial charge >= 0.3 is 0 Å². The van der Waals surface area contributed by atoms with Gasteiger partial charge in [-0.25, -0.2) is 0 Å². The van der Waals surface area contributed by atoms with Gasteiger partial charge in [0, 0.05) is 30.1 Å². The predicted molar refractivity (Wildman–Crippen MR) is 110 cm³/mol. The summed E-state index contributed by atoms with van der Waals surface area (Å²) in [5.74, 6) is 0.179. The molecule has 0 bridgehead atoms. The van der Waals surface area contributed by atoms with Crippen LogP contribution in [0, 0.1) is 10.1 Å². The summed E-state index contributed by atoms with van der Waals surface area (Å²) in [5.41, 5.74) is 2.51. The Morgan fingerprint density at radius 2 is 1.94 bits per heavy atom. The van der Waals surface area contributed by atoms with Crippen LogP contribution in [0.2, 0.25) is 5.02 Å². The highest BCUT2D eigenvalue weighted by Gasteiger charge is 2.44. The first kappa shape index (κ1) is 21.8. The molecule has 4 N–H and O–H groups in total. The summed E-state index contributed by atoms with van der Waals surface area (Å²) in [4.78, 5) is 12.5. The van der Waals surface area contributed by atoms with E-state index in [9.17, 15) is 30.5 Å². The lowest BCUT2D eigenvalue weighted by Crippen LogP contribution is -2.60. The number of nitro benzene ring substituents is 1. The van der Waals surface area contributed by atoms with Crippen molar-refractivity contribution >= 4 is 28.7 Å². The van der Waals surface area contributed by atoms with Crippen molar-refractivity contribution in [2.75, 3.05) is 18.1 Å². The van der Waals surface area contributed by atoms with E-state index in [2.05, 4.69) is 0 Å². The third kappa shape index (κ3) is 4.05. The Labute approximate surface area is 182 Å². The van der Waals surface area contributed by atoms with Crippen LogP contribution < -0.4 is 9.64 Å². The number of aliphatic hydroxyl groups excluding tert-OH is 4. The Hall–Kier alpha value is -2.47. The van der Waals surface area contributed by atoms with Crippen molar-refractivity contribution in [2.24, 2.45) is 0 Å². The van der Waals surface area contributed by atoms with Crippen LogP contribution in [0.5, 0.6) is 5.75 Å². The molecule has 2 aliphatic rings. The molecule has 1 saturated heterocycles. The lowest BCUT2D eigenvalue weighted by molar-refractivity contribution is -0.384. The number of fused-ring (bicyclic) bond motifs is 1. The number of hydrogen-bond acceptors (Lipinski definition) is 9. The molecule has 4 rings (SSSR count). The van der Waals surface area contributed by atoms with Crippen LogP contribution in [0.15, 0.2) is 36.4 Å². The maximum Gasteiger partial charge on any atom is 0.269 e. The molecule has 11 heteroatoms. The van der Waals surface area contributed by atoms with Crippen LogP contribution >= 0.6 is 11.6 Å². The van der Waals surface area contributed by atoms with Crippen molar-refractivity contribution in [3.8, 4) is 5.75 Å². The molecule has 5 atom stereocenters. The fourth-order valence-electron chi connectivity index (χ4n) is 3.81. The van der Waals surface area contributed by atoms with Gasteiger partial charge in [0.2, 0.25) is 6.29 Å². The SMILES string of the molecule is O=[N+]([O-])c1ccc2c(c1)CCN2c1ccc(OC2OC(CO)[C@@H](O)C(O)C2O)c(Cl)c1. The summed E-state index contributed by atoms with van der Waals surface area (Å²) in [7, 11) is 0. The Morgan fingerprint density at radius 3 is 2.61 bits per heavy atom. The summed E-state index contributed by atoms with van der Waals surface area (Å²) in [6.07, 6.45) is -6.37. The molecule has 4 unspecified atom stereocenters. The largest absolute Gasteiger partial charge is 0.460 e. The van der Waals surface area contributed by atoms with Crippen molar-refractivity contribution in [3.05, 3.63) is 57.1 Å². The van der Waals surface area contributed by atoms with E-state index in [4.69, 9.17) is 21.1 Å². The Kier molecular flexibility index (Phi) is 6.02. The quantitative estimate of drug-likeness (QED) is 0.387. The smallest absolute Gasteiger partial charge is 0.269 e. The van der Waals surface area contributed by atoms with Crippen molar-refractivity contribution in [2.45, 2.75) is 37.1 Å². The second-order valence-electron chi connectivity index (χ2n) is 7.40. The number of nitrogens with zero attached hydrogens (tertiary/aromatic N) is 2. The molecule has 2 aliphatic heterocycles. The summed E-state index contributed by atoms with van der Waals surface area (Å²) >= 11 is 6.36. The molecular formula is C20H21ClN2O8. The fourth-order valence-corrected chi connectivity index (χ4v) is 4.03. The number of hydrogen-bond donors (Lipinski definition) is 4. The van der Waals surface area contributed by atoms with Gasteiger partial charge in [-0.3, -0.25) is 10.1 Å². The van der Waals surface area contributed by atoms with Crippen molar-refractivity contribution in [3.63, 3.8) is 0 Å². The number of ether oxygens (including phenoxy) is 2. The summed E-state index contributed by atoms with van der Waals surface area (Å²) in [6, 6.07) is 9.68. The Balaban J connectivity index is 1.53. The van der Waals surface area contributed by atoms with Gasteiger partial charge in [-0.2, -0.15) is 0 Å². The molecule has 2 aromatic rings. The topological polar surface area (TPSA) is 146 Å². The lowest BCUT2D eigenvalue weighted by Gasteiger charge is -2.39. The molecule has 0 spiro atoms. The van der Waals surface area contributed by atoms with Gasteiger partial charge in [0.25, 0.3) is 5.69 Å². The molecule has 0 saturated carbocycles. The van der Waals surface area contributed by atoms with Gasteiger partial charge in [-0.15, -0.1) is 0 Å². The van der Waals surface area contributed by atoms with Crippen molar-refractivity contribution in [1.29, 1.82) is 0 Å². The van der Waals surface area contributed by atoms with Crippen LogP contribution in [-0.2, 0) is 11.2 Å². The van der Waals surface area contributed by atoms with E-state index in [1.54, 1.807) is 30.3 Å². The summed E-state index contributed by atoms with van der Waals surface area (Å²) in [5, 5.41) is 50.4. The van der Waals surface area contributed by atoms with Crippen LogP contribution in [0.1, 0.15) is 5.56 Å². The molecule has 166 valence electrons. The molecule has 10 nitrogen and oxygen atoms in total. The standard InChI is InChI=1S/C20H21ClN2O8/c21-13-8-11(22-6-5-10-7-12(23(28)29)1-3-14(10)22)2-4-15(13)30-20-19(27)18(26)17(25)16(9-24)31-20/h1-4,7-8,16-20,24-27H,5-6,9H2/t16?,17-,18?,19?,20?/m1/s1. The molecular weight excluding hydrogens is 432 g/mol. The minimum Gasteiger partial charge on any atom is -0.460 e. The first-order valence-corrected chi connectivity index (χ1v) is 9.99. The molecule has 0 aliphatic carbocycles. The van der Waals surface area contributed by atoms with E-state index in [1.807, 2.05) is 4.90 Å². The Morgan fingerprint density at radius 1 is 1.16 bits per heavy atom. The van der Waals surface area contributed by atoms with E-state index in [-0.39, 0.29) is 16.5 Å². The van der Waals surface area contributed by atoms with Crippen LogP contribution in [0.4, 0.5) is 17.1 Å². The molecule has 2 aromatic carbocycles. The fraction of sp³-hybridized carbons (Fsp3) is 0.400. The average molecular weight is 453 g/mol. The number of benzene rings is 2. The predicted octanol–water partition coefficient (Wildman–Crippen LogP) is 1.12.